The number of benzene rings is 2. The van der Waals surface area contributed by atoms with Gasteiger partial charge < -0.3 is 19.4 Å². The summed E-state index contributed by atoms with van der Waals surface area (Å²) in [4.78, 5) is 29.4. The van der Waals surface area contributed by atoms with Crippen LogP contribution in [0.2, 0.25) is 5.02 Å². The predicted molar refractivity (Wildman–Crippen MR) is 171 cm³/mol. The Kier molecular flexibility index (Phi) is 7.47. The standard InChI is InChI=1S/C33H38ClN7O2/c1-4-28(42)40-12-14-41(15-13-40)33-30-26(36-27(37-33)10-9-21-7-5-11-39(21)3)18-23(22-8-6-16-43-32(22)30)29-24-19-35-38-25(24)17-20(2)31(29)34/h4,17-19,21H,1,5-16H2,2-3H3,(H,35,38)/t21-/m0/s1. The summed E-state index contributed by atoms with van der Waals surface area (Å²) in [6.07, 6.45) is 9.34. The summed E-state index contributed by atoms with van der Waals surface area (Å²) in [5, 5.41) is 10.1. The Bertz CT molecular complexity index is 1730. The molecule has 224 valence electrons. The predicted octanol–water partition coefficient (Wildman–Crippen LogP) is 5.32. The highest BCUT2D eigenvalue weighted by molar-refractivity contribution is 6.36. The van der Waals surface area contributed by atoms with Gasteiger partial charge in [0.1, 0.15) is 17.4 Å². The molecule has 0 radical (unpaired) electrons. The Morgan fingerprint density at radius 2 is 2.02 bits per heavy atom. The summed E-state index contributed by atoms with van der Waals surface area (Å²) >= 11 is 7.06. The molecule has 1 N–H and O–H groups in total. The number of halogens is 1. The van der Waals surface area contributed by atoms with Crippen LogP contribution in [-0.2, 0) is 17.6 Å². The monoisotopic (exact) mass is 599 g/mol. The van der Waals surface area contributed by atoms with Gasteiger partial charge >= 0.3 is 0 Å². The largest absolute Gasteiger partial charge is 0.492 e. The van der Waals surface area contributed by atoms with Crippen LogP contribution in [0.4, 0.5) is 5.82 Å². The van der Waals surface area contributed by atoms with Gasteiger partial charge in [-0.05, 0) is 82.0 Å². The lowest BCUT2D eigenvalue weighted by Crippen LogP contribution is -2.48. The van der Waals surface area contributed by atoms with Crippen LogP contribution in [0.25, 0.3) is 32.9 Å². The van der Waals surface area contributed by atoms with Crippen molar-refractivity contribution >= 4 is 45.1 Å². The number of aryl methyl sites for hydroxylation is 2. The fourth-order valence-electron chi connectivity index (χ4n) is 7.10. The first kappa shape index (κ1) is 28.1. The Labute approximate surface area is 256 Å². The van der Waals surface area contributed by atoms with Gasteiger partial charge in [0.25, 0.3) is 0 Å². The molecular weight excluding hydrogens is 562 g/mol. The molecule has 10 heteroatoms. The van der Waals surface area contributed by atoms with Crippen molar-refractivity contribution in [3.8, 4) is 16.9 Å². The molecule has 1 amide bonds. The highest BCUT2D eigenvalue weighted by Crippen LogP contribution is 2.47. The van der Waals surface area contributed by atoms with Crippen molar-refractivity contribution in [2.75, 3.05) is 51.3 Å². The fourth-order valence-corrected chi connectivity index (χ4v) is 7.36. The highest BCUT2D eigenvalue weighted by Gasteiger charge is 2.30. The topological polar surface area (TPSA) is 90.5 Å². The normalized spacial score (nSPS) is 19.2. The van der Waals surface area contributed by atoms with Crippen molar-refractivity contribution < 1.29 is 9.53 Å². The van der Waals surface area contributed by atoms with Crippen molar-refractivity contribution in [1.29, 1.82) is 0 Å². The van der Waals surface area contributed by atoms with Gasteiger partial charge in [0.05, 0.1) is 34.2 Å². The molecule has 9 nitrogen and oxygen atoms in total. The van der Waals surface area contributed by atoms with E-state index in [1.807, 2.05) is 24.1 Å². The number of fused-ring (bicyclic) bond motifs is 4. The van der Waals surface area contributed by atoms with Gasteiger partial charge in [-0.3, -0.25) is 9.89 Å². The Hall–Kier alpha value is -3.69. The molecule has 0 aliphatic carbocycles. The van der Waals surface area contributed by atoms with Crippen molar-refractivity contribution in [3.05, 3.63) is 53.0 Å². The molecule has 7 rings (SSSR count). The van der Waals surface area contributed by atoms with Crippen LogP contribution < -0.4 is 9.64 Å². The summed E-state index contributed by atoms with van der Waals surface area (Å²) in [7, 11) is 2.21. The molecule has 4 aromatic rings. The molecule has 1 atom stereocenters. The molecule has 2 aromatic heterocycles. The third-order valence-corrected chi connectivity index (χ3v) is 9.95. The molecule has 43 heavy (non-hydrogen) atoms. The van der Waals surface area contributed by atoms with Gasteiger partial charge in [0, 0.05) is 55.2 Å². The number of hydrogen-bond donors (Lipinski definition) is 1. The molecule has 3 aliphatic rings. The number of piperazine rings is 1. The molecule has 2 aromatic carbocycles. The number of nitrogens with one attached hydrogen (secondary N) is 1. The lowest BCUT2D eigenvalue weighted by Gasteiger charge is -2.36. The van der Waals surface area contributed by atoms with Gasteiger partial charge in [-0.25, -0.2) is 9.97 Å². The minimum atomic E-state index is -0.0282. The van der Waals surface area contributed by atoms with E-state index in [0.29, 0.717) is 38.8 Å². The molecule has 0 unspecified atom stereocenters. The molecule has 2 fully saturated rings. The number of ether oxygens (including phenoxy) is 1. The van der Waals surface area contributed by atoms with Gasteiger partial charge in [0.2, 0.25) is 5.91 Å². The quantitative estimate of drug-likeness (QED) is 0.300. The maximum atomic E-state index is 12.3. The number of rotatable bonds is 6. The molecule has 5 heterocycles. The van der Waals surface area contributed by atoms with Crippen LogP contribution in [0.3, 0.4) is 0 Å². The Morgan fingerprint density at radius 1 is 1.19 bits per heavy atom. The second-order valence-electron chi connectivity index (χ2n) is 12.1. The van der Waals surface area contributed by atoms with Gasteiger partial charge in [-0.15, -0.1) is 0 Å². The average Bonchev–Trinajstić information content (AvgIpc) is 3.67. The minimum absolute atomic E-state index is 0.0282. The maximum Gasteiger partial charge on any atom is 0.246 e. The zero-order valence-corrected chi connectivity index (χ0v) is 25.7. The first-order valence-corrected chi connectivity index (χ1v) is 15.8. The Balaban J connectivity index is 1.40. The summed E-state index contributed by atoms with van der Waals surface area (Å²) in [5.74, 6) is 2.58. The van der Waals surface area contributed by atoms with Crippen molar-refractivity contribution in [2.24, 2.45) is 0 Å². The zero-order valence-electron chi connectivity index (χ0n) is 25.0. The highest BCUT2D eigenvalue weighted by atomic mass is 35.5. The summed E-state index contributed by atoms with van der Waals surface area (Å²) in [5.41, 5.74) is 5.98. The van der Waals surface area contributed by atoms with Crippen LogP contribution in [0, 0.1) is 6.92 Å². The number of aromatic nitrogens is 4. The fraction of sp³-hybridized carbons (Fsp3) is 0.455. The third kappa shape index (κ3) is 5.02. The lowest BCUT2D eigenvalue weighted by molar-refractivity contribution is -0.126. The number of nitrogens with zero attached hydrogens (tertiary/aromatic N) is 6. The molecule has 0 saturated carbocycles. The number of H-pyrrole nitrogens is 1. The Morgan fingerprint density at radius 3 is 2.79 bits per heavy atom. The van der Waals surface area contributed by atoms with E-state index in [1.165, 1.54) is 18.9 Å². The van der Waals surface area contributed by atoms with E-state index < -0.39 is 0 Å². The summed E-state index contributed by atoms with van der Waals surface area (Å²) < 4.78 is 6.51. The number of carbonyl (C=O) groups excluding carboxylic acids is 1. The summed E-state index contributed by atoms with van der Waals surface area (Å²) in [6, 6.07) is 4.80. The molecule has 0 bridgehead atoms. The van der Waals surface area contributed by atoms with Crippen LogP contribution in [0.15, 0.2) is 31.0 Å². The van der Waals surface area contributed by atoms with Crippen LogP contribution in [0.1, 0.15) is 42.6 Å². The number of hydrogen-bond acceptors (Lipinski definition) is 7. The number of aromatic amines is 1. The number of carbonyl (C=O) groups is 1. The van der Waals surface area contributed by atoms with Crippen molar-refractivity contribution in [2.45, 2.75) is 51.5 Å². The second-order valence-corrected chi connectivity index (χ2v) is 12.5. The van der Waals surface area contributed by atoms with E-state index in [1.54, 1.807) is 0 Å². The van der Waals surface area contributed by atoms with Crippen molar-refractivity contribution in [3.63, 3.8) is 0 Å². The zero-order chi connectivity index (χ0) is 29.7. The molecular formula is C33H38ClN7O2. The maximum absolute atomic E-state index is 12.3. The van der Waals surface area contributed by atoms with E-state index >= 15 is 0 Å². The molecule has 0 spiro atoms. The number of amides is 1. The first-order valence-electron chi connectivity index (χ1n) is 15.4. The van der Waals surface area contributed by atoms with E-state index in [2.05, 4.69) is 39.7 Å². The lowest BCUT2D eigenvalue weighted by atomic mass is 9.90. The van der Waals surface area contributed by atoms with Gasteiger partial charge in [-0.1, -0.05) is 18.2 Å². The van der Waals surface area contributed by atoms with E-state index in [-0.39, 0.29) is 5.91 Å². The van der Waals surface area contributed by atoms with E-state index in [0.717, 1.165) is 98.7 Å². The minimum Gasteiger partial charge on any atom is -0.492 e. The van der Waals surface area contributed by atoms with Crippen LogP contribution >= 0.6 is 11.6 Å². The van der Waals surface area contributed by atoms with E-state index in [4.69, 9.17) is 26.3 Å². The van der Waals surface area contributed by atoms with Gasteiger partial charge in [-0.2, -0.15) is 5.10 Å². The number of likely N-dealkylation sites (tertiary alicyclic amines) is 1. The SMILES string of the molecule is C=CC(=O)N1CCN(c2nc(CC[C@@H]3CCCN3C)nc3cc(-c4c(Cl)c(C)cc5[nH]ncc45)c4c(c23)OCCC4)CC1. The second kappa shape index (κ2) is 11.4. The van der Waals surface area contributed by atoms with Crippen molar-refractivity contribution in [1.82, 2.24) is 30.0 Å². The van der Waals surface area contributed by atoms with Crippen LogP contribution in [0.5, 0.6) is 5.75 Å². The van der Waals surface area contributed by atoms with Gasteiger partial charge in [0.15, 0.2) is 0 Å². The smallest absolute Gasteiger partial charge is 0.246 e. The molecule has 3 aliphatic heterocycles. The first-order chi connectivity index (χ1) is 20.9. The summed E-state index contributed by atoms with van der Waals surface area (Å²) in [6.45, 7) is 10.1. The van der Waals surface area contributed by atoms with Crippen LogP contribution in [-0.4, -0.2) is 88.3 Å². The van der Waals surface area contributed by atoms with E-state index in [9.17, 15) is 4.79 Å². The third-order valence-electron chi connectivity index (χ3n) is 9.46. The average molecular weight is 600 g/mol. The number of anilines is 1. The molecule has 2 saturated heterocycles.